The van der Waals surface area contributed by atoms with Crippen molar-refractivity contribution in [2.75, 3.05) is 10.2 Å². The quantitative estimate of drug-likeness (QED) is 0.483. The summed E-state index contributed by atoms with van der Waals surface area (Å²) in [5.74, 6) is 1.49. The van der Waals surface area contributed by atoms with Gasteiger partial charge in [0.05, 0.1) is 23.9 Å². The van der Waals surface area contributed by atoms with Crippen LogP contribution in [0.4, 0.5) is 17.3 Å². The molecule has 2 aromatic heterocycles. The molecular formula is C24H21N5O3. The van der Waals surface area contributed by atoms with Crippen LogP contribution in [0.2, 0.25) is 0 Å². The molecule has 1 aliphatic rings. The number of amides is 1. The molecule has 0 spiro atoms. The molecule has 8 nitrogen and oxygen atoms in total. The van der Waals surface area contributed by atoms with Gasteiger partial charge in [0, 0.05) is 16.9 Å². The van der Waals surface area contributed by atoms with Gasteiger partial charge < -0.3 is 24.8 Å². The lowest BCUT2D eigenvalue weighted by molar-refractivity contribution is -0.115. The first-order chi connectivity index (χ1) is 15.6. The monoisotopic (exact) mass is 427 g/mol. The number of fused-ring (bicyclic) bond motifs is 1. The minimum atomic E-state index is -0.393. The van der Waals surface area contributed by atoms with Gasteiger partial charge in [0.15, 0.2) is 0 Å². The Morgan fingerprint density at radius 2 is 1.91 bits per heavy atom. The summed E-state index contributed by atoms with van der Waals surface area (Å²) in [5, 5.41) is 2.90. The van der Waals surface area contributed by atoms with E-state index in [1.54, 1.807) is 12.6 Å². The smallest absolute Gasteiger partial charge is 0.230 e. The molecule has 0 saturated heterocycles. The first-order valence-electron chi connectivity index (χ1n) is 10.2. The largest absolute Gasteiger partial charge is 0.446 e. The van der Waals surface area contributed by atoms with E-state index in [4.69, 9.17) is 14.6 Å². The fourth-order valence-electron chi connectivity index (χ4n) is 3.58. The van der Waals surface area contributed by atoms with Crippen LogP contribution in [0.15, 0.2) is 80.8 Å². The van der Waals surface area contributed by atoms with Crippen molar-refractivity contribution in [3.63, 3.8) is 0 Å². The van der Waals surface area contributed by atoms with Crippen molar-refractivity contribution in [3.05, 3.63) is 83.9 Å². The Balaban J connectivity index is 1.25. The fraction of sp³-hybridized carbons (Fsp3) is 0.125. The molecule has 0 radical (unpaired) electrons. The lowest BCUT2D eigenvalue weighted by atomic mass is 10.1. The van der Waals surface area contributed by atoms with Gasteiger partial charge in [-0.25, -0.2) is 9.98 Å². The van der Waals surface area contributed by atoms with Crippen LogP contribution in [0, 0.1) is 6.92 Å². The molecule has 1 amide bonds. The van der Waals surface area contributed by atoms with Gasteiger partial charge in [0.1, 0.15) is 18.3 Å². The lowest BCUT2D eigenvalue weighted by Crippen LogP contribution is -2.35. The lowest BCUT2D eigenvalue weighted by Gasteiger charge is -2.29. The highest BCUT2D eigenvalue weighted by Gasteiger charge is 2.24. The number of benzene rings is 2. The van der Waals surface area contributed by atoms with E-state index in [2.05, 4.69) is 15.3 Å². The highest BCUT2D eigenvalue weighted by atomic mass is 16.4. The van der Waals surface area contributed by atoms with Gasteiger partial charge in [-0.15, -0.1) is 0 Å². The molecule has 0 fully saturated rings. The molecule has 3 N–H and O–H groups in total. The summed E-state index contributed by atoms with van der Waals surface area (Å²) in [4.78, 5) is 23.2. The number of carbonyl (C=O) groups excluding carboxylic acids is 1. The van der Waals surface area contributed by atoms with Gasteiger partial charge in [0.2, 0.25) is 17.7 Å². The molecule has 8 heteroatoms. The number of nitrogens with zero attached hydrogens (tertiary/aromatic N) is 3. The van der Waals surface area contributed by atoms with Gasteiger partial charge in [-0.05, 0) is 49.4 Å². The summed E-state index contributed by atoms with van der Waals surface area (Å²) >= 11 is 0. The van der Waals surface area contributed by atoms with Crippen LogP contribution in [0.1, 0.15) is 23.2 Å². The van der Waals surface area contributed by atoms with Crippen LogP contribution < -0.4 is 16.0 Å². The summed E-state index contributed by atoms with van der Waals surface area (Å²) in [5.41, 5.74) is 10.2. The number of carbonyl (C=O) groups is 1. The maximum Gasteiger partial charge on any atom is 0.230 e. The van der Waals surface area contributed by atoms with Gasteiger partial charge >= 0.3 is 0 Å². The Morgan fingerprint density at radius 3 is 2.69 bits per heavy atom. The zero-order valence-corrected chi connectivity index (χ0v) is 17.4. The van der Waals surface area contributed by atoms with Gasteiger partial charge in [-0.1, -0.05) is 18.2 Å². The Bertz CT molecular complexity index is 1270. The van der Waals surface area contributed by atoms with E-state index < -0.39 is 6.17 Å². The predicted octanol–water partition coefficient (Wildman–Crippen LogP) is 4.56. The number of oxazole rings is 1. The molecule has 1 unspecified atom stereocenters. The van der Waals surface area contributed by atoms with Crippen LogP contribution in [-0.4, -0.2) is 17.2 Å². The Hall–Kier alpha value is -4.17. The molecule has 0 saturated carbocycles. The topological polar surface area (TPSA) is 110 Å². The average Bonchev–Trinajstić information content (AvgIpc) is 3.43. The number of aryl methyl sites for hydroxylation is 1. The van der Waals surface area contributed by atoms with Crippen molar-refractivity contribution in [1.82, 2.24) is 4.98 Å². The van der Waals surface area contributed by atoms with Crippen molar-refractivity contribution in [2.24, 2.45) is 10.7 Å². The second kappa shape index (κ2) is 8.16. The molecular weight excluding hydrogens is 406 g/mol. The Labute approximate surface area is 184 Å². The van der Waals surface area contributed by atoms with E-state index in [-0.39, 0.29) is 12.3 Å². The molecule has 0 aliphatic carbocycles. The normalized spacial score (nSPS) is 14.9. The first kappa shape index (κ1) is 19.8. The van der Waals surface area contributed by atoms with Crippen LogP contribution in [0.25, 0.3) is 11.5 Å². The number of nitrogens with one attached hydrogen (secondary N) is 1. The van der Waals surface area contributed by atoms with E-state index in [0.717, 1.165) is 16.8 Å². The minimum Gasteiger partial charge on any atom is -0.446 e. The molecule has 160 valence electrons. The van der Waals surface area contributed by atoms with E-state index in [0.29, 0.717) is 28.9 Å². The van der Waals surface area contributed by atoms with Crippen molar-refractivity contribution in [3.8, 4) is 11.5 Å². The third-order valence-corrected chi connectivity index (χ3v) is 5.28. The van der Waals surface area contributed by atoms with Crippen molar-refractivity contribution in [2.45, 2.75) is 19.5 Å². The highest BCUT2D eigenvalue weighted by Crippen LogP contribution is 2.34. The molecule has 0 bridgehead atoms. The van der Waals surface area contributed by atoms with Crippen LogP contribution >= 0.6 is 0 Å². The number of hydrogen-bond donors (Lipinski definition) is 2. The van der Waals surface area contributed by atoms with Crippen LogP contribution in [0.5, 0.6) is 0 Å². The van der Waals surface area contributed by atoms with Gasteiger partial charge in [0.25, 0.3) is 0 Å². The summed E-state index contributed by atoms with van der Waals surface area (Å²) in [6.07, 6.45) is 2.94. The van der Waals surface area contributed by atoms with E-state index in [1.807, 2.05) is 72.5 Å². The Morgan fingerprint density at radius 1 is 1.12 bits per heavy atom. The molecule has 3 heterocycles. The number of hydrogen-bond acceptors (Lipinski definition) is 7. The zero-order valence-electron chi connectivity index (χ0n) is 17.4. The summed E-state index contributed by atoms with van der Waals surface area (Å²) in [6, 6.07) is 18.8. The third-order valence-electron chi connectivity index (χ3n) is 5.28. The minimum absolute atomic E-state index is 0.122. The number of rotatable bonds is 5. The van der Waals surface area contributed by atoms with Crippen LogP contribution in [-0.2, 0) is 11.2 Å². The van der Waals surface area contributed by atoms with E-state index >= 15 is 0 Å². The van der Waals surface area contributed by atoms with Crippen molar-refractivity contribution in [1.29, 1.82) is 0 Å². The Kier molecular flexibility index (Phi) is 5.04. The predicted molar refractivity (Wildman–Crippen MR) is 122 cm³/mol. The number of furan rings is 1. The summed E-state index contributed by atoms with van der Waals surface area (Å²) < 4.78 is 11.0. The van der Waals surface area contributed by atoms with Crippen molar-refractivity contribution < 1.29 is 13.6 Å². The standard InChI is InChI=1S/C24H21N5O3/c1-15-20(28-23(32-15)16-5-3-2-4-6-16)13-21(30)27-17-7-9-18(10-8-17)29-14-26-24-19(22(29)25)11-12-31-24/h2-12,14,22H,13,25H2,1H3,(H,27,30). The summed E-state index contributed by atoms with van der Waals surface area (Å²) in [7, 11) is 0. The molecule has 4 aromatic rings. The molecule has 5 rings (SSSR count). The van der Waals surface area contributed by atoms with Gasteiger partial charge in [-0.2, -0.15) is 0 Å². The number of nitrogens with two attached hydrogens (primary N) is 1. The summed E-state index contributed by atoms with van der Waals surface area (Å²) in [6.45, 7) is 1.81. The SMILES string of the molecule is Cc1oc(-c2ccccc2)nc1CC(=O)Nc1ccc(N2C=Nc3occc3C2N)cc1. The zero-order chi connectivity index (χ0) is 22.1. The van der Waals surface area contributed by atoms with Crippen molar-refractivity contribution >= 4 is 29.5 Å². The highest BCUT2D eigenvalue weighted by molar-refractivity contribution is 5.93. The molecule has 2 aromatic carbocycles. The maximum absolute atomic E-state index is 12.6. The maximum atomic E-state index is 12.6. The molecule has 1 aliphatic heterocycles. The molecule has 1 atom stereocenters. The van der Waals surface area contributed by atoms with Gasteiger partial charge in [-0.3, -0.25) is 4.79 Å². The number of anilines is 2. The molecule has 32 heavy (non-hydrogen) atoms. The van der Waals surface area contributed by atoms with E-state index in [9.17, 15) is 4.79 Å². The second-order valence-electron chi connectivity index (χ2n) is 7.44. The number of aromatic nitrogens is 1. The third kappa shape index (κ3) is 3.79. The number of aliphatic imine (C=N–C) groups is 1. The van der Waals surface area contributed by atoms with E-state index in [1.165, 1.54) is 0 Å². The fourth-order valence-corrected chi connectivity index (χ4v) is 3.58. The first-order valence-corrected chi connectivity index (χ1v) is 10.2. The second-order valence-corrected chi connectivity index (χ2v) is 7.44. The average molecular weight is 427 g/mol. The van der Waals surface area contributed by atoms with Crippen LogP contribution in [0.3, 0.4) is 0 Å².